The van der Waals surface area contributed by atoms with E-state index in [1.165, 1.54) is 30.0 Å². The third-order valence-electron chi connectivity index (χ3n) is 2.66. The summed E-state index contributed by atoms with van der Waals surface area (Å²) in [5.41, 5.74) is -0.158. The van der Waals surface area contributed by atoms with Crippen LogP contribution in [0.15, 0.2) is 23.1 Å². The van der Waals surface area contributed by atoms with E-state index >= 15 is 0 Å². The van der Waals surface area contributed by atoms with Crippen molar-refractivity contribution in [2.75, 3.05) is 0 Å². The molecule has 0 heterocycles. The lowest BCUT2D eigenvalue weighted by Gasteiger charge is -2.16. The Labute approximate surface area is 109 Å². The highest BCUT2D eigenvalue weighted by molar-refractivity contribution is 8.00. The lowest BCUT2D eigenvalue weighted by molar-refractivity contribution is -0.387. The van der Waals surface area contributed by atoms with Crippen LogP contribution >= 0.6 is 11.8 Å². The van der Waals surface area contributed by atoms with Crippen LogP contribution in [0.1, 0.15) is 31.1 Å². The van der Waals surface area contributed by atoms with Crippen LogP contribution < -0.4 is 0 Å². The van der Waals surface area contributed by atoms with Crippen LogP contribution in [0.5, 0.6) is 0 Å². The molecule has 1 N–H and O–H groups in total. The number of hydrogen-bond acceptors (Lipinski definition) is 4. The zero-order valence-electron chi connectivity index (χ0n) is 10.4. The molecule has 1 aromatic rings. The fourth-order valence-electron chi connectivity index (χ4n) is 1.28. The average Bonchev–Trinajstić information content (AvgIpc) is 2.28. The normalized spacial score (nSPS) is 12.4. The molecule has 0 aliphatic carbocycles. The van der Waals surface area contributed by atoms with Crippen molar-refractivity contribution in [2.24, 2.45) is 5.92 Å². The second-order valence-electron chi connectivity index (χ2n) is 4.28. The lowest BCUT2D eigenvalue weighted by Crippen LogP contribution is -2.09. The van der Waals surface area contributed by atoms with Crippen LogP contribution in [-0.2, 0) is 0 Å². The molecule has 0 radical (unpaired) electrons. The molecule has 0 amide bonds. The number of nitro groups is 1. The standard InChI is InChI=1S/C12H15NO4S/c1-7(2)8(3)18-11-9(12(14)15)5-4-6-10(11)13(16)17/h4-8H,1-3H3,(H,14,15). The molecule has 6 heteroatoms. The summed E-state index contributed by atoms with van der Waals surface area (Å²) in [4.78, 5) is 21.8. The van der Waals surface area contributed by atoms with Crippen molar-refractivity contribution >= 4 is 23.4 Å². The molecule has 5 nitrogen and oxygen atoms in total. The Morgan fingerprint density at radius 1 is 1.39 bits per heavy atom. The van der Waals surface area contributed by atoms with Crippen LogP contribution in [0.4, 0.5) is 5.69 Å². The predicted molar refractivity (Wildman–Crippen MR) is 70.2 cm³/mol. The first-order valence-corrected chi connectivity index (χ1v) is 6.40. The SMILES string of the molecule is CC(C)C(C)Sc1c(C(=O)O)cccc1[N+](=O)[O-]. The Kier molecular flexibility index (Phi) is 4.72. The second-order valence-corrected chi connectivity index (χ2v) is 5.67. The molecule has 1 unspecified atom stereocenters. The summed E-state index contributed by atoms with van der Waals surface area (Å²) >= 11 is 1.24. The number of carboxylic acids is 1. The maximum Gasteiger partial charge on any atom is 0.337 e. The zero-order valence-corrected chi connectivity index (χ0v) is 11.2. The minimum atomic E-state index is -1.14. The van der Waals surface area contributed by atoms with Gasteiger partial charge in [0.1, 0.15) is 0 Å². The average molecular weight is 269 g/mol. The zero-order chi connectivity index (χ0) is 13.9. The van der Waals surface area contributed by atoms with Gasteiger partial charge in [-0.15, -0.1) is 11.8 Å². The van der Waals surface area contributed by atoms with E-state index in [-0.39, 0.29) is 21.4 Å². The van der Waals surface area contributed by atoms with Gasteiger partial charge < -0.3 is 5.11 Å². The highest BCUT2D eigenvalue weighted by Gasteiger charge is 2.24. The Hall–Kier alpha value is -1.56. The second kappa shape index (κ2) is 5.86. The lowest BCUT2D eigenvalue weighted by atomic mass is 10.1. The minimum Gasteiger partial charge on any atom is -0.478 e. The van der Waals surface area contributed by atoms with Crippen LogP contribution in [0, 0.1) is 16.0 Å². The molecular weight excluding hydrogens is 254 g/mol. The first-order chi connectivity index (χ1) is 8.34. The predicted octanol–water partition coefficient (Wildman–Crippen LogP) is 3.43. The summed E-state index contributed by atoms with van der Waals surface area (Å²) in [7, 11) is 0. The molecule has 1 atom stereocenters. The maximum atomic E-state index is 11.1. The summed E-state index contributed by atoms with van der Waals surface area (Å²) in [6, 6.07) is 4.12. The smallest absolute Gasteiger partial charge is 0.337 e. The number of carbonyl (C=O) groups is 1. The Bertz CT molecular complexity index is 441. The number of hydrogen-bond donors (Lipinski definition) is 1. The first kappa shape index (κ1) is 14.5. The molecule has 0 fully saturated rings. The maximum absolute atomic E-state index is 11.1. The van der Waals surface area contributed by atoms with Crippen LogP contribution in [-0.4, -0.2) is 21.2 Å². The number of nitro benzene ring substituents is 1. The van der Waals surface area contributed by atoms with Crippen molar-refractivity contribution in [1.29, 1.82) is 0 Å². The summed E-state index contributed by atoms with van der Waals surface area (Å²) in [6.07, 6.45) is 0. The summed E-state index contributed by atoms with van der Waals surface area (Å²) in [5, 5.41) is 20.1. The van der Waals surface area contributed by atoms with Gasteiger partial charge in [0.2, 0.25) is 0 Å². The Balaban J connectivity index is 3.27. The van der Waals surface area contributed by atoms with Crippen molar-refractivity contribution in [2.45, 2.75) is 30.9 Å². The molecule has 0 bridgehead atoms. The third-order valence-corrected chi connectivity index (χ3v) is 4.24. The molecule has 18 heavy (non-hydrogen) atoms. The fraction of sp³-hybridized carbons (Fsp3) is 0.417. The van der Waals surface area contributed by atoms with E-state index in [0.29, 0.717) is 5.92 Å². The van der Waals surface area contributed by atoms with Crippen LogP contribution in [0.25, 0.3) is 0 Å². The van der Waals surface area contributed by atoms with E-state index in [0.717, 1.165) is 0 Å². The quantitative estimate of drug-likeness (QED) is 0.503. The molecular formula is C12H15NO4S. The molecule has 98 valence electrons. The highest BCUT2D eigenvalue weighted by atomic mass is 32.2. The largest absolute Gasteiger partial charge is 0.478 e. The topological polar surface area (TPSA) is 80.4 Å². The molecule has 0 aromatic heterocycles. The number of aromatic carboxylic acids is 1. The minimum absolute atomic E-state index is 0.0123. The first-order valence-electron chi connectivity index (χ1n) is 5.52. The Morgan fingerprint density at radius 2 is 2.00 bits per heavy atom. The van der Waals surface area contributed by atoms with E-state index in [1.807, 2.05) is 20.8 Å². The van der Waals surface area contributed by atoms with E-state index < -0.39 is 10.9 Å². The van der Waals surface area contributed by atoms with Gasteiger partial charge in [0.25, 0.3) is 5.69 Å². The summed E-state index contributed by atoms with van der Waals surface area (Å²) in [6.45, 7) is 5.91. The summed E-state index contributed by atoms with van der Waals surface area (Å²) in [5.74, 6) is -0.839. The number of rotatable bonds is 5. The molecule has 0 aliphatic rings. The van der Waals surface area contributed by atoms with Crippen LogP contribution in [0.2, 0.25) is 0 Å². The van der Waals surface area contributed by atoms with E-state index in [1.54, 1.807) is 0 Å². The third kappa shape index (κ3) is 3.22. The van der Waals surface area contributed by atoms with Crippen molar-refractivity contribution in [1.82, 2.24) is 0 Å². The molecule has 1 aromatic carbocycles. The van der Waals surface area contributed by atoms with Gasteiger partial charge in [0.05, 0.1) is 15.4 Å². The van der Waals surface area contributed by atoms with Gasteiger partial charge in [-0.1, -0.05) is 26.8 Å². The van der Waals surface area contributed by atoms with Crippen molar-refractivity contribution in [3.05, 3.63) is 33.9 Å². The highest BCUT2D eigenvalue weighted by Crippen LogP contribution is 2.37. The Morgan fingerprint density at radius 3 is 2.44 bits per heavy atom. The molecule has 0 saturated carbocycles. The van der Waals surface area contributed by atoms with Crippen LogP contribution in [0.3, 0.4) is 0 Å². The fourth-order valence-corrected chi connectivity index (χ4v) is 2.47. The van der Waals surface area contributed by atoms with Gasteiger partial charge in [0.15, 0.2) is 0 Å². The van der Waals surface area contributed by atoms with Crippen molar-refractivity contribution in [3.63, 3.8) is 0 Å². The van der Waals surface area contributed by atoms with Gasteiger partial charge in [-0.05, 0) is 12.0 Å². The monoisotopic (exact) mass is 269 g/mol. The molecule has 0 spiro atoms. The van der Waals surface area contributed by atoms with E-state index in [9.17, 15) is 14.9 Å². The molecule has 0 aliphatic heterocycles. The number of thioether (sulfide) groups is 1. The van der Waals surface area contributed by atoms with Gasteiger partial charge in [0, 0.05) is 11.3 Å². The van der Waals surface area contributed by atoms with Crippen molar-refractivity contribution < 1.29 is 14.8 Å². The number of benzene rings is 1. The molecule has 1 rings (SSSR count). The van der Waals surface area contributed by atoms with Gasteiger partial charge in [-0.25, -0.2) is 4.79 Å². The molecule has 0 saturated heterocycles. The van der Waals surface area contributed by atoms with Gasteiger partial charge >= 0.3 is 5.97 Å². The number of nitrogens with zero attached hydrogens (tertiary/aromatic N) is 1. The van der Waals surface area contributed by atoms with Gasteiger partial charge in [-0.3, -0.25) is 10.1 Å². The number of carboxylic acid groups (broad SMARTS) is 1. The van der Waals surface area contributed by atoms with Crippen molar-refractivity contribution in [3.8, 4) is 0 Å². The van der Waals surface area contributed by atoms with E-state index in [4.69, 9.17) is 5.11 Å². The van der Waals surface area contributed by atoms with E-state index in [2.05, 4.69) is 0 Å². The summed E-state index contributed by atoms with van der Waals surface area (Å²) < 4.78 is 0. The van der Waals surface area contributed by atoms with Gasteiger partial charge in [-0.2, -0.15) is 0 Å².